The van der Waals surface area contributed by atoms with Gasteiger partial charge in [-0.2, -0.15) is 0 Å². The highest BCUT2D eigenvalue weighted by Crippen LogP contribution is 2.32. The van der Waals surface area contributed by atoms with Crippen molar-refractivity contribution < 1.29 is 4.92 Å². The van der Waals surface area contributed by atoms with Crippen LogP contribution < -0.4 is 4.90 Å². The van der Waals surface area contributed by atoms with E-state index in [0.717, 1.165) is 30.3 Å². The third kappa shape index (κ3) is 3.26. The number of halogens is 1. The fourth-order valence-electron chi connectivity index (χ4n) is 2.49. The summed E-state index contributed by atoms with van der Waals surface area (Å²) in [4.78, 5) is 12.8. The summed E-state index contributed by atoms with van der Waals surface area (Å²) in [6.45, 7) is 4.14. The lowest BCUT2D eigenvalue weighted by atomic mass is 9.85. The first-order valence-electron chi connectivity index (χ1n) is 6.74. The molecule has 1 aliphatic rings. The highest BCUT2D eigenvalue weighted by Gasteiger charge is 2.22. The van der Waals surface area contributed by atoms with E-state index in [1.54, 1.807) is 12.1 Å². The summed E-state index contributed by atoms with van der Waals surface area (Å²) in [7, 11) is 0. The Morgan fingerprint density at radius 3 is 2.68 bits per heavy atom. The molecule has 4 nitrogen and oxygen atoms in total. The van der Waals surface area contributed by atoms with Gasteiger partial charge in [0.25, 0.3) is 5.69 Å². The molecule has 0 N–H and O–H groups in total. The van der Waals surface area contributed by atoms with Gasteiger partial charge >= 0.3 is 0 Å². The Hall–Kier alpha value is -1.10. The lowest BCUT2D eigenvalue weighted by Crippen LogP contribution is -2.33. The molecule has 1 aromatic rings. The average Bonchev–Trinajstić information content (AvgIpc) is 2.37. The molecule has 0 saturated heterocycles. The monoisotopic (exact) mass is 326 g/mol. The predicted octanol–water partition coefficient (Wildman–Crippen LogP) is 4.12. The Labute approximate surface area is 122 Å². The van der Waals surface area contributed by atoms with Crippen LogP contribution in [0.5, 0.6) is 0 Å². The number of nitro groups is 1. The maximum absolute atomic E-state index is 10.8. The quantitative estimate of drug-likeness (QED) is 0.449. The maximum atomic E-state index is 10.8. The van der Waals surface area contributed by atoms with Crippen LogP contribution in [0.3, 0.4) is 0 Å². The van der Waals surface area contributed by atoms with Crippen molar-refractivity contribution in [1.82, 2.24) is 0 Å². The number of rotatable bonds is 6. The normalized spacial score (nSPS) is 15.1. The van der Waals surface area contributed by atoms with Gasteiger partial charge in [-0.05, 0) is 37.3 Å². The molecule has 2 rings (SSSR count). The summed E-state index contributed by atoms with van der Waals surface area (Å²) in [6.07, 6.45) is 3.97. The topological polar surface area (TPSA) is 46.4 Å². The molecule has 1 aliphatic carbocycles. The van der Waals surface area contributed by atoms with Crippen LogP contribution in [-0.4, -0.2) is 18.0 Å². The number of nitrogens with zero attached hydrogens (tertiary/aromatic N) is 2. The van der Waals surface area contributed by atoms with Crippen LogP contribution in [0.15, 0.2) is 18.2 Å². The molecule has 104 valence electrons. The van der Waals surface area contributed by atoms with E-state index in [0.29, 0.717) is 5.33 Å². The standard InChI is InChI=1S/C14H19BrN2O2/c1-2-16(10-11-4-3-5-11)14-7-6-13(17(18)19)8-12(14)9-15/h6-8,11H,2-5,9-10H2,1H3. The molecule has 0 heterocycles. The highest BCUT2D eigenvalue weighted by molar-refractivity contribution is 9.08. The number of anilines is 1. The van der Waals surface area contributed by atoms with Gasteiger partial charge in [0.05, 0.1) is 4.92 Å². The van der Waals surface area contributed by atoms with Gasteiger partial charge < -0.3 is 4.90 Å². The largest absolute Gasteiger partial charge is 0.371 e. The first-order valence-corrected chi connectivity index (χ1v) is 7.86. The van der Waals surface area contributed by atoms with Gasteiger partial charge in [-0.3, -0.25) is 10.1 Å². The summed E-state index contributed by atoms with van der Waals surface area (Å²) in [5.41, 5.74) is 2.28. The van der Waals surface area contributed by atoms with E-state index in [-0.39, 0.29) is 10.6 Å². The third-order valence-electron chi connectivity index (χ3n) is 3.84. The molecule has 1 fully saturated rings. The van der Waals surface area contributed by atoms with Gasteiger partial charge in [0.1, 0.15) is 0 Å². The molecule has 1 saturated carbocycles. The molecule has 0 aromatic heterocycles. The second-order valence-corrected chi connectivity index (χ2v) is 5.60. The predicted molar refractivity (Wildman–Crippen MR) is 81.0 cm³/mol. The molecule has 0 radical (unpaired) electrons. The third-order valence-corrected chi connectivity index (χ3v) is 4.45. The molecule has 0 atom stereocenters. The van der Waals surface area contributed by atoms with Crippen molar-refractivity contribution in [3.63, 3.8) is 0 Å². The van der Waals surface area contributed by atoms with Crippen LogP contribution in [0.25, 0.3) is 0 Å². The zero-order valence-corrected chi connectivity index (χ0v) is 12.7. The van der Waals surface area contributed by atoms with E-state index in [2.05, 4.69) is 27.8 Å². The first-order chi connectivity index (χ1) is 9.15. The minimum absolute atomic E-state index is 0.165. The van der Waals surface area contributed by atoms with Crippen LogP contribution in [0.1, 0.15) is 31.7 Å². The van der Waals surface area contributed by atoms with Gasteiger partial charge in [0.15, 0.2) is 0 Å². The molecule has 0 unspecified atom stereocenters. The van der Waals surface area contributed by atoms with Gasteiger partial charge in [-0.25, -0.2) is 0 Å². The highest BCUT2D eigenvalue weighted by atomic mass is 79.9. The number of hydrogen-bond acceptors (Lipinski definition) is 3. The van der Waals surface area contributed by atoms with E-state index in [1.165, 1.54) is 19.3 Å². The Balaban J connectivity index is 2.22. The van der Waals surface area contributed by atoms with E-state index >= 15 is 0 Å². The SMILES string of the molecule is CCN(CC1CCC1)c1ccc([N+](=O)[O-])cc1CBr. The van der Waals surface area contributed by atoms with Gasteiger partial charge in [-0.1, -0.05) is 22.4 Å². The van der Waals surface area contributed by atoms with Crippen molar-refractivity contribution in [2.45, 2.75) is 31.5 Å². The van der Waals surface area contributed by atoms with E-state index < -0.39 is 0 Å². The fourth-order valence-corrected chi connectivity index (χ4v) is 2.93. The van der Waals surface area contributed by atoms with Crippen molar-refractivity contribution in [2.24, 2.45) is 5.92 Å². The van der Waals surface area contributed by atoms with Crippen molar-refractivity contribution in [3.05, 3.63) is 33.9 Å². The molecule has 1 aromatic carbocycles. The van der Waals surface area contributed by atoms with Crippen molar-refractivity contribution in [1.29, 1.82) is 0 Å². The lowest BCUT2D eigenvalue weighted by Gasteiger charge is -2.34. The van der Waals surface area contributed by atoms with Crippen LogP contribution in [0, 0.1) is 16.0 Å². The average molecular weight is 327 g/mol. The van der Waals surface area contributed by atoms with Crippen LogP contribution in [0.4, 0.5) is 11.4 Å². The molecule has 0 bridgehead atoms. The van der Waals surface area contributed by atoms with Gasteiger partial charge in [0, 0.05) is 36.2 Å². The van der Waals surface area contributed by atoms with Crippen LogP contribution in [0.2, 0.25) is 0 Å². The number of alkyl halides is 1. The first kappa shape index (κ1) is 14.3. The molecular weight excluding hydrogens is 308 g/mol. The van der Waals surface area contributed by atoms with Crippen molar-refractivity contribution in [3.8, 4) is 0 Å². The number of hydrogen-bond donors (Lipinski definition) is 0. The van der Waals surface area contributed by atoms with Crippen LogP contribution in [-0.2, 0) is 5.33 Å². The van der Waals surface area contributed by atoms with E-state index in [9.17, 15) is 10.1 Å². The molecule has 5 heteroatoms. The maximum Gasteiger partial charge on any atom is 0.269 e. The molecule has 0 amide bonds. The minimum atomic E-state index is -0.335. The Morgan fingerprint density at radius 2 is 2.21 bits per heavy atom. The number of non-ortho nitro benzene ring substituents is 1. The second-order valence-electron chi connectivity index (χ2n) is 5.04. The number of nitro benzene ring substituents is 1. The molecule has 0 aliphatic heterocycles. The molecule has 0 spiro atoms. The van der Waals surface area contributed by atoms with E-state index in [1.807, 2.05) is 6.07 Å². The summed E-state index contributed by atoms with van der Waals surface area (Å²) in [5, 5.41) is 11.5. The lowest BCUT2D eigenvalue weighted by molar-refractivity contribution is -0.384. The van der Waals surface area contributed by atoms with Crippen molar-refractivity contribution >= 4 is 27.3 Å². The summed E-state index contributed by atoms with van der Waals surface area (Å²) >= 11 is 3.44. The Kier molecular flexibility index (Phi) is 4.80. The minimum Gasteiger partial charge on any atom is -0.371 e. The zero-order valence-electron chi connectivity index (χ0n) is 11.1. The Bertz CT molecular complexity index is 461. The fraction of sp³-hybridized carbons (Fsp3) is 0.571. The Morgan fingerprint density at radius 1 is 1.47 bits per heavy atom. The van der Waals surface area contributed by atoms with Gasteiger partial charge in [0.2, 0.25) is 0 Å². The summed E-state index contributed by atoms with van der Waals surface area (Å²) in [5.74, 6) is 0.790. The summed E-state index contributed by atoms with van der Waals surface area (Å²) in [6, 6.07) is 5.16. The summed E-state index contributed by atoms with van der Waals surface area (Å²) < 4.78 is 0. The van der Waals surface area contributed by atoms with Gasteiger partial charge in [-0.15, -0.1) is 0 Å². The smallest absolute Gasteiger partial charge is 0.269 e. The molecular formula is C14H19BrN2O2. The number of benzene rings is 1. The van der Waals surface area contributed by atoms with Crippen molar-refractivity contribution in [2.75, 3.05) is 18.0 Å². The second kappa shape index (κ2) is 6.37. The van der Waals surface area contributed by atoms with Crippen LogP contribution >= 0.6 is 15.9 Å². The molecule has 19 heavy (non-hydrogen) atoms. The zero-order chi connectivity index (χ0) is 13.8. The van der Waals surface area contributed by atoms with E-state index in [4.69, 9.17) is 0 Å².